The van der Waals surface area contributed by atoms with Gasteiger partial charge in [-0.15, -0.1) is 0 Å². The van der Waals surface area contributed by atoms with Crippen LogP contribution in [-0.4, -0.2) is 50.0 Å². The highest BCUT2D eigenvalue weighted by atomic mass is 35.5. The lowest BCUT2D eigenvalue weighted by molar-refractivity contribution is 0.186. The van der Waals surface area contributed by atoms with Crippen LogP contribution >= 0.6 is 23.2 Å². The first-order valence-corrected chi connectivity index (χ1v) is 9.42. The molecule has 0 saturated heterocycles. The first-order chi connectivity index (χ1) is 12.9. The number of carboxylic acid groups (broad SMARTS) is 1. The summed E-state index contributed by atoms with van der Waals surface area (Å²) in [4.78, 5) is 15.2. The lowest BCUT2D eigenvalue weighted by Crippen LogP contribution is -2.33. The van der Waals surface area contributed by atoms with Gasteiger partial charge >= 0.3 is 6.09 Å². The van der Waals surface area contributed by atoms with Crippen LogP contribution in [0, 0.1) is 0 Å². The van der Waals surface area contributed by atoms with Crippen molar-refractivity contribution in [2.24, 2.45) is 0 Å². The van der Waals surface area contributed by atoms with Crippen molar-refractivity contribution in [2.75, 3.05) is 38.8 Å². The molecule has 1 atom stereocenters. The molecule has 0 fully saturated rings. The Morgan fingerprint density at radius 1 is 1.33 bits per heavy atom. The number of likely N-dealkylation sites (N-methyl/N-ethyl adjacent to an activating group) is 1. The van der Waals surface area contributed by atoms with Crippen molar-refractivity contribution in [3.63, 3.8) is 0 Å². The van der Waals surface area contributed by atoms with E-state index >= 15 is 0 Å². The molecule has 0 aliphatic carbocycles. The van der Waals surface area contributed by atoms with Crippen LogP contribution in [0.25, 0.3) is 0 Å². The molecule has 7 heteroatoms. The van der Waals surface area contributed by atoms with Crippen molar-refractivity contribution in [2.45, 2.75) is 12.5 Å². The molecule has 2 aromatic carbocycles. The molecule has 0 aromatic heterocycles. The molecular weight excluding hydrogens is 387 g/mol. The average molecular weight is 409 g/mol. The third-order valence-corrected chi connectivity index (χ3v) is 5.38. The molecule has 3 rings (SSSR count). The number of halogens is 2. The van der Waals surface area contributed by atoms with Gasteiger partial charge in [0, 0.05) is 41.8 Å². The Bertz CT molecular complexity index is 844. The molecule has 27 heavy (non-hydrogen) atoms. The van der Waals surface area contributed by atoms with Crippen molar-refractivity contribution in [3.8, 4) is 0 Å². The van der Waals surface area contributed by atoms with Gasteiger partial charge in [-0.1, -0.05) is 35.3 Å². The van der Waals surface area contributed by atoms with Gasteiger partial charge < -0.3 is 14.7 Å². The van der Waals surface area contributed by atoms with E-state index in [-0.39, 0.29) is 12.5 Å². The van der Waals surface area contributed by atoms with Gasteiger partial charge in [0.25, 0.3) is 0 Å². The van der Waals surface area contributed by atoms with Crippen LogP contribution in [0.2, 0.25) is 10.0 Å². The number of amides is 1. The summed E-state index contributed by atoms with van der Waals surface area (Å²) >= 11 is 12.7. The second kappa shape index (κ2) is 8.48. The second-order valence-electron chi connectivity index (χ2n) is 6.73. The van der Waals surface area contributed by atoms with E-state index in [4.69, 9.17) is 27.9 Å². The normalized spacial score (nSPS) is 16.8. The minimum absolute atomic E-state index is 0.0629. The number of ether oxygens (including phenoxy) is 1. The number of hydrogen-bond donors (Lipinski definition) is 1. The zero-order chi connectivity index (χ0) is 19.6. The van der Waals surface area contributed by atoms with Crippen LogP contribution in [0.4, 0.5) is 10.5 Å². The largest absolute Gasteiger partial charge is 0.465 e. The maximum Gasteiger partial charge on any atom is 0.411 e. The number of fused-ring (bicyclic) bond motifs is 1. The Labute approximate surface area is 169 Å². The summed E-state index contributed by atoms with van der Waals surface area (Å²) in [6.45, 7) is 2.17. The van der Waals surface area contributed by atoms with Crippen molar-refractivity contribution < 1.29 is 14.6 Å². The minimum Gasteiger partial charge on any atom is -0.465 e. The highest BCUT2D eigenvalue weighted by Gasteiger charge is 2.27. The summed E-state index contributed by atoms with van der Waals surface area (Å²) in [5.41, 5.74) is 3.82. The molecule has 0 spiro atoms. The molecular formula is C20H22Cl2N2O3. The number of hydrogen-bond acceptors (Lipinski definition) is 3. The van der Waals surface area contributed by atoms with Crippen LogP contribution in [-0.2, 0) is 11.3 Å². The zero-order valence-electron chi connectivity index (χ0n) is 15.3. The molecule has 1 aliphatic heterocycles. The Morgan fingerprint density at radius 3 is 2.81 bits per heavy atom. The molecule has 1 N–H and O–H groups in total. The van der Waals surface area contributed by atoms with Crippen LogP contribution in [0.3, 0.4) is 0 Å². The van der Waals surface area contributed by atoms with Crippen LogP contribution in [0.15, 0.2) is 36.4 Å². The fraction of sp³-hybridized carbons (Fsp3) is 0.350. The zero-order valence-corrected chi connectivity index (χ0v) is 16.8. The molecule has 0 saturated carbocycles. The fourth-order valence-electron chi connectivity index (χ4n) is 3.56. The highest BCUT2D eigenvalue weighted by Crippen LogP contribution is 2.39. The van der Waals surface area contributed by atoms with Gasteiger partial charge in [0.15, 0.2) is 0 Å². The van der Waals surface area contributed by atoms with Crippen molar-refractivity contribution in [1.29, 1.82) is 0 Å². The van der Waals surface area contributed by atoms with E-state index in [1.165, 1.54) is 4.90 Å². The van der Waals surface area contributed by atoms with Gasteiger partial charge in [0.2, 0.25) is 0 Å². The Kier molecular flexibility index (Phi) is 6.27. The number of nitrogens with zero attached hydrogens (tertiary/aromatic N) is 2. The van der Waals surface area contributed by atoms with Gasteiger partial charge in [0.05, 0.1) is 13.2 Å². The molecule has 1 amide bonds. The number of benzene rings is 2. The van der Waals surface area contributed by atoms with E-state index in [0.29, 0.717) is 22.3 Å². The monoisotopic (exact) mass is 408 g/mol. The standard InChI is InChI=1S/C20H22Cl2N2O3/c1-23-11-17(16-9-14(21)10-19(22)18(16)12-23)13-4-3-5-15(8-13)24(20(25)26)6-7-27-2/h3-5,8-10,17H,6-7,11-12H2,1-2H3,(H,25,26)/t17-/m0/s1. The third-order valence-electron chi connectivity index (χ3n) is 4.83. The average Bonchev–Trinajstić information content (AvgIpc) is 2.62. The van der Waals surface area contributed by atoms with E-state index in [9.17, 15) is 9.90 Å². The number of rotatable bonds is 5. The van der Waals surface area contributed by atoms with Gasteiger partial charge in [-0.25, -0.2) is 4.79 Å². The Morgan fingerprint density at radius 2 is 2.11 bits per heavy atom. The second-order valence-corrected chi connectivity index (χ2v) is 7.57. The topological polar surface area (TPSA) is 53.0 Å². The van der Waals surface area contributed by atoms with Crippen molar-refractivity contribution in [1.82, 2.24) is 4.90 Å². The van der Waals surface area contributed by atoms with Crippen LogP contribution in [0.1, 0.15) is 22.6 Å². The van der Waals surface area contributed by atoms with Gasteiger partial charge in [-0.05, 0) is 48.0 Å². The summed E-state index contributed by atoms with van der Waals surface area (Å²) < 4.78 is 5.04. The molecule has 0 radical (unpaired) electrons. The van der Waals surface area contributed by atoms with Gasteiger partial charge in [-0.2, -0.15) is 0 Å². The van der Waals surface area contributed by atoms with E-state index in [2.05, 4.69) is 4.90 Å². The van der Waals surface area contributed by atoms with E-state index in [0.717, 1.165) is 29.8 Å². The highest BCUT2D eigenvalue weighted by molar-refractivity contribution is 6.35. The van der Waals surface area contributed by atoms with E-state index in [1.54, 1.807) is 19.2 Å². The quantitative estimate of drug-likeness (QED) is 0.778. The fourth-order valence-corrected chi connectivity index (χ4v) is 4.13. The predicted molar refractivity (Wildman–Crippen MR) is 108 cm³/mol. The number of anilines is 1. The summed E-state index contributed by atoms with van der Waals surface area (Å²) in [5.74, 6) is 0.0629. The number of carbonyl (C=O) groups is 1. The third kappa shape index (κ3) is 4.38. The van der Waals surface area contributed by atoms with E-state index < -0.39 is 6.09 Å². The summed E-state index contributed by atoms with van der Waals surface area (Å²) in [6, 6.07) is 11.4. The molecule has 1 aliphatic rings. The van der Waals surface area contributed by atoms with Gasteiger partial charge in [-0.3, -0.25) is 4.90 Å². The molecule has 2 aromatic rings. The minimum atomic E-state index is -1.00. The Balaban J connectivity index is 2.02. The lowest BCUT2D eigenvalue weighted by atomic mass is 9.84. The smallest absolute Gasteiger partial charge is 0.411 e. The molecule has 144 valence electrons. The summed E-state index contributed by atoms with van der Waals surface area (Å²) in [6.07, 6.45) is -1.00. The molecule has 5 nitrogen and oxygen atoms in total. The Hall–Kier alpha value is -1.79. The van der Waals surface area contributed by atoms with Gasteiger partial charge in [0.1, 0.15) is 0 Å². The maximum atomic E-state index is 11.7. The molecule has 0 unspecified atom stereocenters. The summed E-state index contributed by atoms with van der Waals surface area (Å²) in [7, 11) is 3.60. The lowest BCUT2D eigenvalue weighted by Gasteiger charge is -2.34. The molecule has 0 bridgehead atoms. The van der Waals surface area contributed by atoms with Crippen molar-refractivity contribution >= 4 is 35.0 Å². The SMILES string of the molecule is COCCN(C(=O)O)c1cccc([C@@H]2CN(C)Cc3c(Cl)cc(Cl)cc32)c1. The van der Waals surface area contributed by atoms with Crippen LogP contribution < -0.4 is 4.90 Å². The van der Waals surface area contributed by atoms with Crippen molar-refractivity contribution in [3.05, 3.63) is 63.1 Å². The molecule has 1 heterocycles. The van der Waals surface area contributed by atoms with E-state index in [1.807, 2.05) is 31.3 Å². The van der Waals surface area contributed by atoms with Crippen LogP contribution in [0.5, 0.6) is 0 Å². The number of methoxy groups -OCH3 is 1. The first-order valence-electron chi connectivity index (χ1n) is 8.66. The first kappa shape index (κ1) is 20.0. The maximum absolute atomic E-state index is 11.7. The summed E-state index contributed by atoms with van der Waals surface area (Å²) in [5, 5.41) is 10.8. The predicted octanol–water partition coefficient (Wildman–Crippen LogP) is 4.70.